The van der Waals surface area contributed by atoms with E-state index in [1.54, 1.807) is 0 Å². The maximum absolute atomic E-state index is 12.1. The maximum atomic E-state index is 12.1. The Balaban J connectivity index is 1.40. The van der Waals surface area contributed by atoms with Gasteiger partial charge in [-0.05, 0) is 23.6 Å². The van der Waals surface area contributed by atoms with Gasteiger partial charge in [-0.25, -0.2) is 0 Å². The molecule has 6 nitrogen and oxygen atoms in total. The third-order valence-corrected chi connectivity index (χ3v) is 5.67. The van der Waals surface area contributed by atoms with E-state index in [0.717, 1.165) is 16.1 Å². The van der Waals surface area contributed by atoms with E-state index in [2.05, 4.69) is 10.6 Å². The summed E-state index contributed by atoms with van der Waals surface area (Å²) < 4.78 is 5.04. The van der Waals surface area contributed by atoms with Crippen LogP contribution in [0.2, 0.25) is 0 Å². The molecule has 0 saturated heterocycles. The molecule has 2 amide bonds. The predicted molar refractivity (Wildman–Crippen MR) is 108 cm³/mol. The largest absolute Gasteiger partial charge is 0.456 e. The van der Waals surface area contributed by atoms with Gasteiger partial charge >= 0.3 is 5.97 Å². The topological polar surface area (TPSA) is 84.5 Å². The number of carbonyl (C=O) groups excluding carboxylic acids is 3. The molecule has 0 aromatic heterocycles. The standard InChI is InChI=1S/C21H22N2O4S/c1-14(15-7-3-2-4-8-15)12-22-19(24)13-27-20(25)11-18-21(26)23-16-9-5-6-10-17(16)28-18/h2-10,14,18H,11-13H2,1H3,(H,22,24)(H,23,26)/t14-,18-/m1/s1. The van der Waals surface area contributed by atoms with Gasteiger partial charge in [0.2, 0.25) is 5.91 Å². The van der Waals surface area contributed by atoms with E-state index in [-0.39, 0.29) is 30.8 Å². The average molecular weight is 398 g/mol. The van der Waals surface area contributed by atoms with Gasteiger partial charge in [0.15, 0.2) is 6.61 Å². The smallest absolute Gasteiger partial charge is 0.307 e. The number of esters is 1. The van der Waals surface area contributed by atoms with Crippen LogP contribution in [0.3, 0.4) is 0 Å². The second-order valence-corrected chi connectivity index (χ2v) is 7.82. The molecule has 0 saturated carbocycles. The van der Waals surface area contributed by atoms with Gasteiger partial charge in [-0.15, -0.1) is 11.8 Å². The Bertz CT molecular complexity index is 856. The first kappa shape index (κ1) is 19.9. The highest BCUT2D eigenvalue weighted by Gasteiger charge is 2.29. The lowest BCUT2D eigenvalue weighted by Crippen LogP contribution is -2.34. The van der Waals surface area contributed by atoms with E-state index in [1.165, 1.54) is 11.8 Å². The Morgan fingerprint density at radius 1 is 1.14 bits per heavy atom. The molecular weight excluding hydrogens is 376 g/mol. The summed E-state index contributed by atoms with van der Waals surface area (Å²) in [6, 6.07) is 17.3. The fraction of sp³-hybridized carbons (Fsp3) is 0.286. The van der Waals surface area contributed by atoms with Crippen LogP contribution in [0.4, 0.5) is 5.69 Å². The number of nitrogens with one attached hydrogen (secondary N) is 2. The number of anilines is 1. The number of hydrogen-bond donors (Lipinski definition) is 2. The van der Waals surface area contributed by atoms with E-state index in [1.807, 2.05) is 61.5 Å². The average Bonchev–Trinajstić information content (AvgIpc) is 2.71. The fourth-order valence-corrected chi connectivity index (χ4v) is 3.90. The molecule has 2 atom stereocenters. The molecule has 2 N–H and O–H groups in total. The molecule has 28 heavy (non-hydrogen) atoms. The van der Waals surface area contributed by atoms with Gasteiger partial charge in [-0.1, -0.05) is 49.4 Å². The molecule has 0 fully saturated rings. The minimum Gasteiger partial charge on any atom is -0.456 e. The summed E-state index contributed by atoms with van der Waals surface area (Å²) in [5.41, 5.74) is 1.87. The Hall–Kier alpha value is -2.80. The summed E-state index contributed by atoms with van der Waals surface area (Å²) in [5, 5.41) is 4.98. The Morgan fingerprint density at radius 2 is 1.86 bits per heavy atom. The first-order chi connectivity index (χ1) is 13.5. The van der Waals surface area contributed by atoms with Gasteiger partial charge in [-0.3, -0.25) is 14.4 Å². The van der Waals surface area contributed by atoms with E-state index < -0.39 is 11.2 Å². The third-order valence-electron chi connectivity index (χ3n) is 4.40. The van der Waals surface area contributed by atoms with Crippen molar-refractivity contribution in [1.29, 1.82) is 0 Å². The summed E-state index contributed by atoms with van der Waals surface area (Å²) >= 11 is 1.33. The summed E-state index contributed by atoms with van der Waals surface area (Å²) in [4.78, 5) is 37.0. The highest BCUT2D eigenvalue weighted by atomic mass is 32.2. The number of ether oxygens (including phenoxy) is 1. The van der Waals surface area contributed by atoms with Crippen LogP contribution in [0.25, 0.3) is 0 Å². The van der Waals surface area contributed by atoms with Crippen LogP contribution in [0.1, 0.15) is 24.8 Å². The van der Waals surface area contributed by atoms with E-state index >= 15 is 0 Å². The first-order valence-electron chi connectivity index (χ1n) is 9.06. The van der Waals surface area contributed by atoms with Crippen molar-refractivity contribution in [2.24, 2.45) is 0 Å². The molecule has 1 aliphatic heterocycles. The fourth-order valence-electron chi connectivity index (χ4n) is 2.80. The van der Waals surface area contributed by atoms with E-state index in [9.17, 15) is 14.4 Å². The van der Waals surface area contributed by atoms with Gasteiger partial charge in [0.1, 0.15) is 0 Å². The Morgan fingerprint density at radius 3 is 2.64 bits per heavy atom. The number of carbonyl (C=O) groups is 3. The van der Waals surface area contributed by atoms with Crippen molar-refractivity contribution >= 4 is 35.2 Å². The van der Waals surface area contributed by atoms with Gasteiger partial charge in [0.25, 0.3) is 5.91 Å². The molecule has 0 spiro atoms. The number of para-hydroxylation sites is 1. The SMILES string of the molecule is C[C@H](CNC(=O)COC(=O)C[C@H]1Sc2ccccc2NC1=O)c1ccccc1. The van der Waals surface area contributed by atoms with Crippen LogP contribution in [0.5, 0.6) is 0 Å². The lowest BCUT2D eigenvalue weighted by molar-refractivity contribution is -0.149. The van der Waals surface area contributed by atoms with Crippen LogP contribution in [-0.4, -0.2) is 36.2 Å². The molecule has 0 unspecified atom stereocenters. The van der Waals surface area contributed by atoms with Crippen LogP contribution < -0.4 is 10.6 Å². The number of fused-ring (bicyclic) bond motifs is 1. The molecule has 1 heterocycles. The van der Waals surface area contributed by atoms with Crippen LogP contribution in [0.15, 0.2) is 59.5 Å². The molecule has 7 heteroatoms. The first-order valence-corrected chi connectivity index (χ1v) is 9.94. The van der Waals surface area contributed by atoms with Crippen molar-refractivity contribution in [1.82, 2.24) is 5.32 Å². The monoisotopic (exact) mass is 398 g/mol. The van der Waals surface area contributed by atoms with Crippen molar-refractivity contribution in [2.45, 2.75) is 29.4 Å². The predicted octanol–water partition coefficient (Wildman–Crippen LogP) is 2.95. The molecule has 146 valence electrons. The van der Waals surface area contributed by atoms with Crippen molar-refractivity contribution in [3.8, 4) is 0 Å². The van der Waals surface area contributed by atoms with Crippen molar-refractivity contribution < 1.29 is 19.1 Å². The number of amides is 2. The van der Waals surface area contributed by atoms with Gasteiger partial charge in [-0.2, -0.15) is 0 Å². The number of benzene rings is 2. The summed E-state index contributed by atoms with van der Waals surface area (Å²) in [6.07, 6.45) is -0.0848. The second-order valence-electron chi connectivity index (χ2n) is 6.57. The molecule has 1 aliphatic rings. The highest BCUT2D eigenvalue weighted by Crippen LogP contribution is 2.36. The van der Waals surface area contributed by atoms with E-state index in [0.29, 0.717) is 6.54 Å². The number of rotatable bonds is 7. The van der Waals surface area contributed by atoms with Crippen molar-refractivity contribution in [3.05, 3.63) is 60.2 Å². The summed E-state index contributed by atoms with van der Waals surface area (Å²) in [6.45, 7) is 2.12. The number of hydrogen-bond acceptors (Lipinski definition) is 5. The molecule has 0 aliphatic carbocycles. The second kappa shape index (κ2) is 9.41. The Kier molecular flexibility index (Phi) is 6.71. The molecular formula is C21H22N2O4S. The van der Waals surface area contributed by atoms with Crippen LogP contribution >= 0.6 is 11.8 Å². The minimum absolute atomic E-state index is 0.0848. The Labute approximate surface area is 168 Å². The summed E-state index contributed by atoms with van der Waals surface area (Å²) in [7, 11) is 0. The van der Waals surface area contributed by atoms with Crippen molar-refractivity contribution in [3.63, 3.8) is 0 Å². The quantitative estimate of drug-likeness (QED) is 0.701. The highest BCUT2D eigenvalue weighted by molar-refractivity contribution is 8.01. The summed E-state index contributed by atoms with van der Waals surface area (Å²) in [5.74, 6) is -1.01. The minimum atomic E-state index is -0.571. The van der Waals surface area contributed by atoms with E-state index in [4.69, 9.17) is 4.74 Å². The molecule has 2 aromatic carbocycles. The lowest BCUT2D eigenvalue weighted by Gasteiger charge is -2.23. The number of thioether (sulfide) groups is 1. The third kappa shape index (κ3) is 5.36. The zero-order chi connectivity index (χ0) is 19.9. The van der Waals surface area contributed by atoms with Crippen molar-refractivity contribution in [2.75, 3.05) is 18.5 Å². The van der Waals surface area contributed by atoms with Gasteiger partial charge in [0, 0.05) is 11.4 Å². The van der Waals surface area contributed by atoms with Gasteiger partial charge in [0.05, 0.1) is 17.4 Å². The normalized spacial score (nSPS) is 16.5. The zero-order valence-electron chi connectivity index (χ0n) is 15.5. The maximum Gasteiger partial charge on any atom is 0.307 e. The molecule has 2 aromatic rings. The molecule has 0 radical (unpaired) electrons. The van der Waals surface area contributed by atoms with Crippen LogP contribution in [0, 0.1) is 0 Å². The van der Waals surface area contributed by atoms with Gasteiger partial charge < -0.3 is 15.4 Å². The lowest BCUT2D eigenvalue weighted by atomic mass is 10.0. The zero-order valence-corrected chi connectivity index (χ0v) is 16.3. The molecule has 3 rings (SSSR count). The molecule has 0 bridgehead atoms. The van der Waals surface area contributed by atoms with Crippen LogP contribution in [-0.2, 0) is 19.1 Å².